The van der Waals surface area contributed by atoms with Crippen LogP contribution in [0.3, 0.4) is 0 Å². The molecule has 1 unspecified atom stereocenters. The Morgan fingerprint density at radius 1 is 1.29 bits per heavy atom. The van der Waals surface area contributed by atoms with Gasteiger partial charge in [-0.15, -0.1) is 0 Å². The molecule has 28 heavy (non-hydrogen) atoms. The summed E-state index contributed by atoms with van der Waals surface area (Å²) in [5.41, 5.74) is -2.18. The number of nitrogens with zero attached hydrogens (tertiary/aromatic N) is 3. The molecule has 2 rings (SSSR count). The van der Waals surface area contributed by atoms with E-state index in [9.17, 15) is 23.1 Å². The van der Waals surface area contributed by atoms with Gasteiger partial charge in [0.2, 0.25) is 11.5 Å². The summed E-state index contributed by atoms with van der Waals surface area (Å²) >= 11 is 0. The molecular weight excluding hydrogens is 373 g/mol. The van der Waals surface area contributed by atoms with Crippen molar-refractivity contribution in [1.82, 2.24) is 19.8 Å². The van der Waals surface area contributed by atoms with Crippen molar-refractivity contribution >= 4 is 5.91 Å². The first-order chi connectivity index (χ1) is 13.1. The van der Waals surface area contributed by atoms with Gasteiger partial charge in [-0.05, 0) is 25.6 Å². The fourth-order valence-corrected chi connectivity index (χ4v) is 2.92. The van der Waals surface area contributed by atoms with Gasteiger partial charge in [-0.3, -0.25) is 4.79 Å². The molecule has 0 aliphatic carbocycles. The van der Waals surface area contributed by atoms with Crippen LogP contribution in [-0.2, 0) is 24.0 Å². The van der Waals surface area contributed by atoms with Crippen LogP contribution in [0, 0.1) is 0 Å². The van der Waals surface area contributed by atoms with E-state index in [1.165, 1.54) is 13.2 Å². The Morgan fingerprint density at radius 3 is 2.54 bits per heavy atom. The maximum atomic E-state index is 13.4. The molecule has 0 saturated heterocycles. The number of hydrogen-bond acceptors (Lipinski definition) is 4. The van der Waals surface area contributed by atoms with E-state index in [0.29, 0.717) is 13.0 Å². The van der Waals surface area contributed by atoms with E-state index in [0.717, 1.165) is 22.9 Å². The molecule has 0 aliphatic heterocycles. The minimum absolute atomic E-state index is 0.215. The van der Waals surface area contributed by atoms with Crippen LogP contribution in [0.15, 0.2) is 42.7 Å². The number of benzene rings is 1. The zero-order valence-electron chi connectivity index (χ0n) is 15.9. The van der Waals surface area contributed by atoms with Gasteiger partial charge in [0.25, 0.3) is 0 Å². The van der Waals surface area contributed by atoms with Crippen molar-refractivity contribution in [3.63, 3.8) is 0 Å². The van der Waals surface area contributed by atoms with Crippen molar-refractivity contribution < 1.29 is 23.1 Å². The summed E-state index contributed by atoms with van der Waals surface area (Å²) in [5, 5.41) is 12.6. The van der Waals surface area contributed by atoms with Crippen LogP contribution in [0.25, 0.3) is 0 Å². The molecule has 2 aromatic rings. The average molecular weight is 398 g/mol. The number of hydrogen-bond donors (Lipinski definition) is 2. The maximum absolute atomic E-state index is 13.4. The third-order valence-corrected chi connectivity index (χ3v) is 4.41. The summed E-state index contributed by atoms with van der Waals surface area (Å²) in [6.07, 6.45) is -3.17. The summed E-state index contributed by atoms with van der Waals surface area (Å²) in [6.45, 7) is 1.62. The average Bonchev–Trinajstić information content (AvgIpc) is 3.05. The van der Waals surface area contributed by atoms with E-state index in [2.05, 4.69) is 15.2 Å². The first-order valence-electron chi connectivity index (χ1n) is 8.89. The summed E-state index contributed by atoms with van der Waals surface area (Å²) in [7, 11) is 3.26. The predicted octanol–water partition coefficient (Wildman–Crippen LogP) is 2.20. The third-order valence-electron chi connectivity index (χ3n) is 4.41. The number of amides is 1. The molecule has 1 aromatic carbocycles. The lowest BCUT2D eigenvalue weighted by Crippen LogP contribution is -2.48. The SMILES string of the molecule is CN(CCCNC(=O)CC(O)(c1nccn1C)C(F)(F)F)Cc1ccccc1. The van der Waals surface area contributed by atoms with Gasteiger partial charge in [0.15, 0.2) is 5.82 Å². The van der Waals surface area contributed by atoms with E-state index in [1.807, 2.05) is 37.4 Å². The maximum Gasteiger partial charge on any atom is 0.425 e. The van der Waals surface area contributed by atoms with Gasteiger partial charge in [0.1, 0.15) is 0 Å². The lowest BCUT2D eigenvalue weighted by molar-refractivity contribution is -0.271. The Hall–Kier alpha value is -2.39. The van der Waals surface area contributed by atoms with Crippen molar-refractivity contribution in [1.29, 1.82) is 0 Å². The first kappa shape index (κ1) is 21.9. The largest absolute Gasteiger partial charge is 0.425 e. The molecule has 6 nitrogen and oxygen atoms in total. The molecule has 1 heterocycles. The second-order valence-electron chi connectivity index (χ2n) is 6.82. The number of carbonyl (C=O) groups excluding carboxylic acids is 1. The molecule has 0 spiro atoms. The van der Waals surface area contributed by atoms with Crippen LogP contribution in [0.4, 0.5) is 13.2 Å². The van der Waals surface area contributed by atoms with Gasteiger partial charge >= 0.3 is 6.18 Å². The molecule has 154 valence electrons. The summed E-state index contributed by atoms with van der Waals surface area (Å²) in [5.74, 6) is -1.49. The Kier molecular flexibility index (Phi) is 7.20. The highest BCUT2D eigenvalue weighted by Gasteiger charge is 2.58. The standard InChI is InChI=1S/C19H25F3N4O2/c1-25(14-15-7-4-3-5-8-15)11-6-9-23-16(27)13-18(28,19(20,21)22)17-24-10-12-26(17)2/h3-5,7-8,10,12,28H,6,9,11,13-14H2,1-2H3,(H,23,27). The molecule has 0 fully saturated rings. The Labute approximate surface area is 162 Å². The summed E-state index contributed by atoms with van der Waals surface area (Å²) in [4.78, 5) is 17.7. The van der Waals surface area contributed by atoms with Crippen LogP contribution in [0.1, 0.15) is 24.2 Å². The second-order valence-corrected chi connectivity index (χ2v) is 6.82. The number of carbonyl (C=O) groups is 1. The lowest BCUT2D eigenvalue weighted by Gasteiger charge is -2.29. The van der Waals surface area contributed by atoms with Gasteiger partial charge in [0, 0.05) is 32.5 Å². The van der Waals surface area contributed by atoms with Crippen molar-refractivity contribution in [3.05, 3.63) is 54.1 Å². The first-order valence-corrected chi connectivity index (χ1v) is 8.89. The fourth-order valence-electron chi connectivity index (χ4n) is 2.92. The highest BCUT2D eigenvalue weighted by molar-refractivity contribution is 5.77. The molecule has 2 N–H and O–H groups in total. The van der Waals surface area contributed by atoms with Gasteiger partial charge in [-0.2, -0.15) is 13.2 Å². The number of imidazole rings is 1. The quantitative estimate of drug-likeness (QED) is 0.636. The molecule has 0 radical (unpaired) electrons. The normalized spacial score (nSPS) is 14.1. The Bertz CT molecular complexity index is 764. The number of aryl methyl sites for hydroxylation is 1. The van der Waals surface area contributed by atoms with Crippen LogP contribution in [0.2, 0.25) is 0 Å². The minimum atomic E-state index is -5.03. The predicted molar refractivity (Wildman–Crippen MR) is 98.2 cm³/mol. The molecule has 0 aliphatic rings. The number of nitrogens with one attached hydrogen (secondary N) is 1. The van der Waals surface area contributed by atoms with Crippen LogP contribution >= 0.6 is 0 Å². The van der Waals surface area contributed by atoms with E-state index in [-0.39, 0.29) is 6.54 Å². The van der Waals surface area contributed by atoms with E-state index >= 15 is 0 Å². The van der Waals surface area contributed by atoms with Crippen LogP contribution in [-0.4, -0.2) is 51.8 Å². The highest BCUT2D eigenvalue weighted by Crippen LogP contribution is 2.40. The zero-order chi connectivity index (χ0) is 20.8. The number of halogens is 3. The topological polar surface area (TPSA) is 70.4 Å². The summed E-state index contributed by atoms with van der Waals surface area (Å²) < 4.78 is 41.3. The zero-order valence-corrected chi connectivity index (χ0v) is 15.9. The molecule has 9 heteroatoms. The molecule has 0 saturated carbocycles. The van der Waals surface area contributed by atoms with Crippen molar-refractivity contribution in [2.45, 2.75) is 31.2 Å². The summed E-state index contributed by atoms with van der Waals surface area (Å²) in [6, 6.07) is 9.85. The number of rotatable bonds is 9. The van der Waals surface area contributed by atoms with E-state index in [4.69, 9.17) is 0 Å². The van der Waals surface area contributed by atoms with Gasteiger partial charge in [-0.25, -0.2) is 4.98 Å². The van der Waals surface area contributed by atoms with E-state index < -0.39 is 29.9 Å². The van der Waals surface area contributed by atoms with Crippen molar-refractivity contribution in [2.75, 3.05) is 20.1 Å². The molecular formula is C19H25F3N4O2. The van der Waals surface area contributed by atoms with Gasteiger partial charge < -0.3 is 19.9 Å². The lowest BCUT2D eigenvalue weighted by atomic mass is 9.97. The molecule has 1 amide bonds. The molecule has 1 atom stereocenters. The Balaban J connectivity index is 1.83. The number of aromatic nitrogens is 2. The van der Waals surface area contributed by atoms with Crippen LogP contribution < -0.4 is 5.32 Å². The molecule has 0 bridgehead atoms. The highest BCUT2D eigenvalue weighted by atomic mass is 19.4. The fraction of sp³-hybridized carbons (Fsp3) is 0.474. The van der Waals surface area contributed by atoms with Crippen molar-refractivity contribution in [2.24, 2.45) is 7.05 Å². The monoisotopic (exact) mass is 398 g/mol. The minimum Gasteiger partial charge on any atom is -0.374 e. The second kappa shape index (κ2) is 9.20. The Morgan fingerprint density at radius 2 is 1.96 bits per heavy atom. The number of alkyl halides is 3. The molecule has 1 aromatic heterocycles. The smallest absolute Gasteiger partial charge is 0.374 e. The third kappa shape index (κ3) is 5.56. The van der Waals surface area contributed by atoms with Gasteiger partial charge in [0.05, 0.1) is 6.42 Å². The van der Waals surface area contributed by atoms with Crippen molar-refractivity contribution in [3.8, 4) is 0 Å². The van der Waals surface area contributed by atoms with Crippen LogP contribution in [0.5, 0.6) is 0 Å². The van der Waals surface area contributed by atoms with Gasteiger partial charge in [-0.1, -0.05) is 30.3 Å². The van der Waals surface area contributed by atoms with E-state index in [1.54, 1.807) is 0 Å². The number of aliphatic hydroxyl groups is 1.